The second-order valence-electron chi connectivity index (χ2n) is 8.53. The summed E-state index contributed by atoms with van der Waals surface area (Å²) in [6, 6.07) is 20.0. The van der Waals surface area contributed by atoms with Gasteiger partial charge in [0.25, 0.3) is 17.5 Å². The van der Waals surface area contributed by atoms with Gasteiger partial charge in [0.2, 0.25) is 0 Å². The Bertz CT molecular complexity index is 1420. The molecule has 2 amide bonds. The van der Waals surface area contributed by atoms with Crippen LogP contribution in [0.3, 0.4) is 0 Å². The molecule has 39 heavy (non-hydrogen) atoms. The highest BCUT2D eigenvalue weighted by molar-refractivity contribution is 6.09. The van der Waals surface area contributed by atoms with Crippen molar-refractivity contribution in [1.29, 1.82) is 5.26 Å². The predicted molar refractivity (Wildman–Crippen MR) is 151 cm³/mol. The molecule has 0 aliphatic heterocycles. The Balaban J connectivity index is 1.84. The normalized spacial score (nSPS) is 10.8. The highest BCUT2D eigenvalue weighted by Crippen LogP contribution is 2.28. The first-order valence-corrected chi connectivity index (χ1v) is 12.3. The van der Waals surface area contributed by atoms with Crippen LogP contribution in [0.2, 0.25) is 0 Å². The molecule has 0 unspecified atom stereocenters. The fraction of sp³-hybridized carbons (Fsp3) is 0.207. The fourth-order valence-corrected chi connectivity index (χ4v) is 3.73. The molecular weight excluding hydrogens is 498 g/mol. The van der Waals surface area contributed by atoms with Gasteiger partial charge in [-0.3, -0.25) is 19.7 Å². The van der Waals surface area contributed by atoms with Gasteiger partial charge in [-0.25, -0.2) is 0 Å². The summed E-state index contributed by atoms with van der Waals surface area (Å²) in [5, 5.41) is 26.0. The van der Waals surface area contributed by atoms with Gasteiger partial charge in [0.05, 0.1) is 4.92 Å². The number of hydrogen-bond donors (Lipinski definition) is 2. The minimum Gasteiger partial charge on any atom is -0.483 e. The quantitative estimate of drug-likeness (QED) is 0.149. The molecule has 3 rings (SSSR count). The summed E-state index contributed by atoms with van der Waals surface area (Å²) in [6.45, 7) is 7.02. The van der Waals surface area contributed by atoms with Gasteiger partial charge in [0.15, 0.2) is 6.61 Å². The summed E-state index contributed by atoms with van der Waals surface area (Å²) in [4.78, 5) is 37.9. The molecule has 3 aromatic rings. The molecule has 10 nitrogen and oxygen atoms in total. The third-order valence-corrected chi connectivity index (χ3v) is 5.80. The topological polar surface area (TPSA) is 138 Å². The van der Waals surface area contributed by atoms with Crippen molar-refractivity contribution >= 4 is 40.6 Å². The maximum Gasteiger partial charge on any atom is 0.271 e. The summed E-state index contributed by atoms with van der Waals surface area (Å²) in [5.74, 6) is -0.815. The molecule has 0 saturated heterocycles. The summed E-state index contributed by atoms with van der Waals surface area (Å²) >= 11 is 0. The third kappa shape index (κ3) is 7.90. The molecule has 0 fully saturated rings. The molecule has 200 valence electrons. The van der Waals surface area contributed by atoms with Crippen molar-refractivity contribution in [3.63, 3.8) is 0 Å². The van der Waals surface area contributed by atoms with Gasteiger partial charge in [0, 0.05) is 53.9 Å². The zero-order valence-electron chi connectivity index (χ0n) is 21.9. The first-order valence-electron chi connectivity index (χ1n) is 12.3. The van der Waals surface area contributed by atoms with Gasteiger partial charge in [-0.1, -0.05) is 23.8 Å². The standard InChI is InChI=1S/C29H29N5O5/c1-4-33(5-2)25-14-11-21(15-22(18-30)29(36)32-23-12-9-20(3)10-13-23)27(17-25)39-19-28(35)31-24-7-6-8-26(16-24)34(37)38/h6-17H,4-5,19H2,1-3H3,(H,31,35)(H,32,36)/b22-15+. The van der Waals surface area contributed by atoms with Crippen molar-refractivity contribution < 1.29 is 19.2 Å². The lowest BCUT2D eigenvalue weighted by Gasteiger charge is -2.22. The summed E-state index contributed by atoms with van der Waals surface area (Å²) in [7, 11) is 0. The molecule has 0 aliphatic rings. The van der Waals surface area contributed by atoms with Crippen molar-refractivity contribution in [1.82, 2.24) is 0 Å². The fourth-order valence-electron chi connectivity index (χ4n) is 3.73. The molecular formula is C29H29N5O5. The van der Waals surface area contributed by atoms with E-state index in [0.29, 0.717) is 17.0 Å². The molecule has 2 N–H and O–H groups in total. The van der Waals surface area contributed by atoms with Crippen LogP contribution in [-0.2, 0) is 9.59 Å². The minimum absolute atomic E-state index is 0.142. The number of anilines is 3. The molecule has 0 heterocycles. The molecule has 0 radical (unpaired) electrons. The number of aryl methyl sites for hydroxylation is 1. The van der Waals surface area contributed by atoms with Gasteiger partial charge in [-0.05, 0) is 57.2 Å². The van der Waals surface area contributed by atoms with E-state index in [-0.39, 0.29) is 16.9 Å². The van der Waals surface area contributed by atoms with E-state index in [4.69, 9.17) is 4.74 Å². The number of nitro groups is 1. The highest BCUT2D eigenvalue weighted by atomic mass is 16.6. The Morgan fingerprint density at radius 1 is 1.03 bits per heavy atom. The van der Waals surface area contributed by atoms with E-state index in [2.05, 4.69) is 15.5 Å². The Hall–Kier alpha value is -5.17. The van der Waals surface area contributed by atoms with Crippen LogP contribution in [0.25, 0.3) is 6.08 Å². The summed E-state index contributed by atoms with van der Waals surface area (Å²) < 4.78 is 5.83. The van der Waals surface area contributed by atoms with Gasteiger partial charge in [-0.15, -0.1) is 0 Å². The minimum atomic E-state index is -0.580. The van der Waals surface area contributed by atoms with Crippen LogP contribution in [0.15, 0.2) is 72.3 Å². The molecule has 0 saturated carbocycles. The summed E-state index contributed by atoms with van der Waals surface area (Å²) in [5.41, 5.74) is 2.83. The molecule has 0 bridgehead atoms. The lowest BCUT2D eigenvalue weighted by molar-refractivity contribution is -0.384. The van der Waals surface area contributed by atoms with Gasteiger partial charge < -0.3 is 20.3 Å². The number of non-ortho nitro benzene ring substituents is 1. The van der Waals surface area contributed by atoms with Gasteiger partial charge in [0.1, 0.15) is 17.4 Å². The zero-order valence-corrected chi connectivity index (χ0v) is 21.9. The Labute approximate surface area is 226 Å². The maximum atomic E-state index is 12.8. The SMILES string of the molecule is CCN(CC)c1ccc(/C=C(\C#N)C(=O)Nc2ccc(C)cc2)c(OCC(=O)Nc2cccc([N+](=O)[O-])c2)c1. The van der Waals surface area contributed by atoms with Crippen molar-refractivity contribution in [2.24, 2.45) is 0 Å². The van der Waals surface area contributed by atoms with Crippen LogP contribution in [0.4, 0.5) is 22.7 Å². The van der Waals surface area contributed by atoms with E-state index in [1.165, 1.54) is 30.3 Å². The number of nitro benzene ring substituents is 1. The number of nitrogens with one attached hydrogen (secondary N) is 2. The average molecular weight is 528 g/mol. The number of benzene rings is 3. The Morgan fingerprint density at radius 3 is 2.38 bits per heavy atom. The van der Waals surface area contributed by atoms with E-state index in [9.17, 15) is 25.0 Å². The smallest absolute Gasteiger partial charge is 0.271 e. The number of carbonyl (C=O) groups excluding carboxylic acids is 2. The van der Waals surface area contributed by atoms with Crippen molar-refractivity contribution in [3.05, 3.63) is 93.5 Å². The number of amides is 2. The lowest BCUT2D eigenvalue weighted by atomic mass is 10.1. The van der Waals surface area contributed by atoms with Crippen LogP contribution >= 0.6 is 0 Å². The monoisotopic (exact) mass is 527 g/mol. The Kier molecular flexibility index (Phi) is 9.76. The van der Waals surface area contributed by atoms with Crippen LogP contribution in [0.5, 0.6) is 5.75 Å². The highest BCUT2D eigenvalue weighted by Gasteiger charge is 2.15. The van der Waals surface area contributed by atoms with Crippen LogP contribution < -0.4 is 20.3 Å². The molecule has 0 aliphatic carbocycles. The van der Waals surface area contributed by atoms with E-state index in [0.717, 1.165) is 24.3 Å². The zero-order chi connectivity index (χ0) is 28.4. The van der Waals surface area contributed by atoms with Crippen molar-refractivity contribution in [2.75, 3.05) is 35.2 Å². The first-order chi connectivity index (χ1) is 18.7. The number of nitriles is 1. The van der Waals surface area contributed by atoms with Gasteiger partial charge in [-0.2, -0.15) is 5.26 Å². The van der Waals surface area contributed by atoms with Crippen LogP contribution in [0.1, 0.15) is 25.0 Å². The Morgan fingerprint density at radius 2 is 1.74 bits per heavy atom. The van der Waals surface area contributed by atoms with E-state index >= 15 is 0 Å². The van der Waals surface area contributed by atoms with Crippen molar-refractivity contribution in [3.8, 4) is 11.8 Å². The maximum absolute atomic E-state index is 12.8. The number of rotatable bonds is 11. The number of carbonyl (C=O) groups is 2. The average Bonchev–Trinajstić information content (AvgIpc) is 2.93. The largest absolute Gasteiger partial charge is 0.483 e. The van der Waals surface area contributed by atoms with Crippen molar-refractivity contribution in [2.45, 2.75) is 20.8 Å². The number of hydrogen-bond acceptors (Lipinski definition) is 7. The molecule has 3 aromatic carbocycles. The third-order valence-electron chi connectivity index (χ3n) is 5.80. The van der Waals surface area contributed by atoms with E-state index < -0.39 is 23.3 Å². The first kappa shape index (κ1) is 28.4. The lowest BCUT2D eigenvalue weighted by Crippen LogP contribution is -2.23. The van der Waals surface area contributed by atoms with E-state index in [1.807, 2.05) is 45.0 Å². The predicted octanol–water partition coefficient (Wildman–Crippen LogP) is 5.31. The second kappa shape index (κ2) is 13.4. The molecule has 10 heteroatoms. The number of ether oxygens (including phenoxy) is 1. The molecule has 0 aromatic heterocycles. The van der Waals surface area contributed by atoms with Crippen LogP contribution in [0, 0.1) is 28.4 Å². The molecule has 0 spiro atoms. The van der Waals surface area contributed by atoms with Crippen LogP contribution in [-0.4, -0.2) is 36.4 Å². The van der Waals surface area contributed by atoms with Gasteiger partial charge >= 0.3 is 0 Å². The molecule has 0 atom stereocenters. The summed E-state index contributed by atoms with van der Waals surface area (Å²) in [6.07, 6.45) is 1.41. The number of nitrogens with zero attached hydrogens (tertiary/aromatic N) is 3. The van der Waals surface area contributed by atoms with E-state index in [1.54, 1.807) is 24.3 Å². The second-order valence-corrected chi connectivity index (χ2v) is 8.53.